The highest BCUT2D eigenvalue weighted by Crippen LogP contribution is 2.26. The van der Waals surface area contributed by atoms with Crippen LogP contribution in [0.5, 0.6) is 0 Å². The predicted octanol–water partition coefficient (Wildman–Crippen LogP) is 1.75. The Labute approximate surface area is 147 Å². The van der Waals surface area contributed by atoms with Gasteiger partial charge in [0.25, 0.3) is 5.91 Å². The number of hydrogen-bond acceptors (Lipinski definition) is 5. The fourth-order valence-corrected chi connectivity index (χ4v) is 4.45. The maximum atomic E-state index is 12.6. The van der Waals surface area contributed by atoms with Crippen LogP contribution in [0, 0.1) is 6.92 Å². The van der Waals surface area contributed by atoms with Crippen LogP contribution in [0.4, 0.5) is 0 Å². The lowest BCUT2D eigenvalue weighted by atomic mass is 10.2. The highest BCUT2D eigenvalue weighted by atomic mass is 32.2. The molecule has 0 aliphatic carbocycles. The summed E-state index contributed by atoms with van der Waals surface area (Å²) < 4.78 is 31.9. The van der Waals surface area contributed by atoms with Crippen molar-refractivity contribution < 1.29 is 27.5 Å². The first kappa shape index (κ1) is 19.5. The van der Waals surface area contributed by atoms with E-state index in [0.29, 0.717) is 38.9 Å². The lowest BCUT2D eigenvalue weighted by molar-refractivity contribution is -0.137. The molecule has 2 N–H and O–H groups in total. The van der Waals surface area contributed by atoms with Crippen molar-refractivity contribution in [3.8, 4) is 0 Å². The number of rotatable bonds is 9. The molecule has 2 rings (SSSR count). The first-order valence-corrected chi connectivity index (χ1v) is 9.87. The van der Waals surface area contributed by atoms with Crippen molar-refractivity contribution in [1.29, 1.82) is 0 Å². The number of aliphatic carboxylic acids is 1. The maximum absolute atomic E-state index is 12.6. The molecular weight excluding hydrogens is 348 g/mol. The van der Waals surface area contributed by atoms with E-state index in [4.69, 9.17) is 9.52 Å². The number of hydrogen-bond donors (Lipinski definition) is 2. The van der Waals surface area contributed by atoms with E-state index in [1.54, 1.807) is 0 Å². The van der Waals surface area contributed by atoms with Gasteiger partial charge in [-0.15, -0.1) is 0 Å². The first-order chi connectivity index (χ1) is 11.8. The molecule has 0 atom stereocenters. The van der Waals surface area contributed by atoms with Crippen LogP contribution in [0.3, 0.4) is 0 Å². The Morgan fingerprint density at radius 3 is 2.56 bits per heavy atom. The van der Waals surface area contributed by atoms with E-state index < -0.39 is 21.9 Å². The van der Waals surface area contributed by atoms with Crippen LogP contribution in [0.2, 0.25) is 0 Å². The molecule has 1 fully saturated rings. The van der Waals surface area contributed by atoms with Crippen LogP contribution in [0.1, 0.15) is 54.8 Å². The smallest absolute Gasteiger partial charge is 0.303 e. The summed E-state index contributed by atoms with van der Waals surface area (Å²) in [6.07, 6.45) is 3.69. The van der Waals surface area contributed by atoms with E-state index >= 15 is 0 Å². The van der Waals surface area contributed by atoms with E-state index in [9.17, 15) is 18.0 Å². The van der Waals surface area contributed by atoms with E-state index in [0.717, 1.165) is 12.8 Å². The largest absolute Gasteiger partial charge is 0.481 e. The number of aryl methyl sites for hydroxylation is 1. The topological polar surface area (TPSA) is 117 Å². The maximum Gasteiger partial charge on any atom is 0.303 e. The molecule has 0 aromatic carbocycles. The van der Waals surface area contributed by atoms with Gasteiger partial charge in [-0.2, -0.15) is 4.31 Å². The van der Waals surface area contributed by atoms with Gasteiger partial charge in [-0.25, -0.2) is 8.42 Å². The number of amides is 1. The fraction of sp³-hybridized carbons (Fsp3) is 0.625. The van der Waals surface area contributed by atoms with Crippen LogP contribution in [-0.4, -0.2) is 49.3 Å². The molecule has 1 aromatic rings. The number of carbonyl (C=O) groups is 2. The quantitative estimate of drug-likeness (QED) is 0.638. The monoisotopic (exact) mass is 372 g/mol. The zero-order chi connectivity index (χ0) is 18.4. The Kier molecular flexibility index (Phi) is 6.60. The van der Waals surface area contributed by atoms with Gasteiger partial charge in [0.05, 0.1) is 0 Å². The zero-order valence-corrected chi connectivity index (χ0v) is 15.1. The Morgan fingerprint density at radius 2 is 1.92 bits per heavy atom. The molecular formula is C16H24N2O6S. The van der Waals surface area contributed by atoms with Crippen molar-refractivity contribution in [3.63, 3.8) is 0 Å². The molecule has 9 heteroatoms. The number of carbonyl (C=O) groups excluding carboxylic acids is 1. The van der Waals surface area contributed by atoms with Crippen LogP contribution in [-0.2, 0) is 14.8 Å². The van der Waals surface area contributed by atoms with Crippen LogP contribution >= 0.6 is 0 Å². The standard InChI is InChI=1S/C16H24N2O6S/c1-12-14(25(22,23)18-9-5-6-10-18)11-13(24-12)16(21)17-8-4-2-3-7-15(19)20/h11H,2-10H2,1H3,(H,17,21)(H,19,20). The van der Waals surface area contributed by atoms with Gasteiger partial charge in [-0.05, 0) is 32.6 Å². The summed E-state index contributed by atoms with van der Waals surface area (Å²) in [5, 5.41) is 11.2. The highest BCUT2D eigenvalue weighted by Gasteiger charge is 2.31. The molecule has 0 unspecified atom stereocenters. The minimum Gasteiger partial charge on any atom is -0.481 e. The predicted molar refractivity (Wildman–Crippen MR) is 89.9 cm³/mol. The number of carboxylic acids is 1. The number of nitrogens with zero attached hydrogens (tertiary/aromatic N) is 1. The van der Waals surface area contributed by atoms with Gasteiger partial charge in [0, 0.05) is 32.1 Å². The summed E-state index contributed by atoms with van der Waals surface area (Å²) in [6, 6.07) is 1.28. The molecule has 1 saturated heterocycles. The van der Waals surface area contributed by atoms with Crippen LogP contribution in [0.25, 0.3) is 0 Å². The Hall–Kier alpha value is -1.87. The minimum atomic E-state index is -3.62. The van der Waals surface area contributed by atoms with Crippen molar-refractivity contribution >= 4 is 21.9 Å². The number of sulfonamides is 1. The van der Waals surface area contributed by atoms with Gasteiger partial charge in [0.2, 0.25) is 10.0 Å². The first-order valence-electron chi connectivity index (χ1n) is 8.43. The molecule has 1 amide bonds. The molecule has 25 heavy (non-hydrogen) atoms. The van der Waals surface area contributed by atoms with Gasteiger partial charge < -0.3 is 14.8 Å². The summed E-state index contributed by atoms with van der Waals surface area (Å²) in [5.41, 5.74) is 0. The van der Waals surface area contributed by atoms with Crippen LogP contribution in [0.15, 0.2) is 15.4 Å². The number of furan rings is 1. The number of unbranched alkanes of at least 4 members (excludes halogenated alkanes) is 2. The van der Waals surface area contributed by atoms with E-state index in [1.807, 2.05) is 0 Å². The van der Waals surface area contributed by atoms with Crippen molar-refractivity contribution in [2.45, 2.75) is 50.3 Å². The Morgan fingerprint density at radius 1 is 1.24 bits per heavy atom. The van der Waals surface area contributed by atoms with E-state index in [2.05, 4.69) is 5.32 Å². The average Bonchev–Trinajstić information content (AvgIpc) is 3.20. The molecule has 8 nitrogen and oxygen atoms in total. The number of carboxylic acid groups (broad SMARTS) is 1. The van der Waals surface area contributed by atoms with Crippen molar-refractivity contribution in [2.24, 2.45) is 0 Å². The number of nitrogens with one attached hydrogen (secondary N) is 1. The second kappa shape index (κ2) is 8.48. The Bertz CT molecular complexity index is 719. The SMILES string of the molecule is Cc1oc(C(=O)NCCCCCC(=O)O)cc1S(=O)(=O)N1CCCC1. The second-order valence-electron chi connectivity index (χ2n) is 6.10. The highest BCUT2D eigenvalue weighted by molar-refractivity contribution is 7.89. The van der Waals surface area contributed by atoms with Crippen LogP contribution < -0.4 is 5.32 Å². The van der Waals surface area contributed by atoms with Gasteiger partial charge in [-0.1, -0.05) is 6.42 Å². The summed E-state index contributed by atoms with van der Waals surface area (Å²) in [7, 11) is -3.62. The molecule has 1 aliphatic heterocycles. The van der Waals surface area contributed by atoms with E-state index in [1.165, 1.54) is 17.3 Å². The van der Waals surface area contributed by atoms with E-state index in [-0.39, 0.29) is 22.8 Å². The fourth-order valence-electron chi connectivity index (χ4n) is 2.77. The molecule has 140 valence electrons. The van der Waals surface area contributed by atoms with Gasteiger partial charge in [0.15, 0.2) is 5.76 Å². The Balaban J connectivity index is 1.90. The molecule has 0 saturated carbocycles. The molecule has 0 spiro atoms. The van der Waals surface area contributed by atoms with Gasteiger partial charge in [-0.3, -0.25) is 9.59 Å². The summed E-state index contributed by atoms with van der Waals surface area (Å²) in [5.74, 6) is -1.12. The third-order valence-corrected chi connectivity index (χ3v) is 6.14. The van der Waals surface area contributed by atoms with Gasteiger partial charge in [0.1, 0.15) is 10.7 Å². The summed E-state index contributed by atoms with van der Waals surface area (Å²) in [6.45, 7) is 2.90. The molecule has 0 bridgehead atoms. The van der Waals surface area contributed by atoms with Crippen molar-refractivity contribution in [1.82, 2.24) is 9.62 Å². The molecule has 1 aromatic heterocycles. The molecule has 0 radical (unpaired) electrons. The zero-order valence-electron chi connectivity index (χ0n) is 14.3. The van der Waals surface area contributed by atoms with Crippen molar-refractivity contribution in [2.75, 3.05) is 19.6 Å². The minimum absolute atomic E-state index is 0.0270. The lowest BCUT2D eigenvalue weighted by Crippen LogP contribution is -2.28. The third kappa shape index (κ3) is 5.05. The third-order valence-electron chi connectivity index (χ3n) is 4.13. The van der Waals surface area contributed by atoms with Gasteiger partial charge >= 0.3 is 5.97 Å². The molecule has 1 aliphatic rings. The van der Waals surface area contributed by atoms with Crippen molar-refractivity contribution in [3.05, 3.63) is 17.6 Å². The summed E-state index contributed by atoms with van der Waals surface area (Å²) in [4.78, 5) is 22.5. The summed E-state index contributed by atoms with van der Waals surface area (Å²) >= 11 is 0. The normalized spacial score (nSPS) is 15.4. The average molecular weight is 372 g/mol. The molecule has 2 heterocycles. The second-order valence-corrected chi connectivity index (χ2v) is 8.01. The lowest BCUT2D eigenvalue weighted by Gasteiger charge is -2.14.